The highest BCUT2D eigenvalue weighted by Crippen LogP contribution is 2.10. The zero-order valence-corrected chi connectivity index (χ0v) is 13.0. The Morgan fingerprint density at radius 1 is 1.33 bits per heavy atom. The quantitative estimate of drug-likeness (QED) is 0.851. The third kappa shape index (κ3) is 5.25. The number of quaternary nitrogens is 1. The van der Waals surface area contributed by atoms with Crippen molar-refractivity contribution in [1.82, 2.24) is 5.32 Å². The number of benzene rings is 1. The lowest BCUT2D eigenvalue weighted by atomic mass is 10.2. The number of nitrogens with one attached hydrogen (secondary N) is 2. The smallest absolute Gasteiger partial charge is 0.275 e. The van der Waals surface area contributed by atoms with Crippen LogP contribution in [0.2, 0.25) is 5.02 Å². The lowest BCUT2D eigenvalue weighted by molar-refractivity contribution is -0.886. The molecule has 2 rings (SSSR count). The van der Waals surface area contributed by atoms with E-state index in [4.69, 9.17) is 16.0 Å². The first-order valence-corrected chi connectivity index (χ1v) is 7.28. The molecule has 1 heterocycles. The summed E-state index contributed by atoms with van der Waals surface area (Å²) >= 11 is 5.91. The number of aryl methyl sites for hydroxylation is 1. The number of hydrogen-bond acceptors (Lipinski definition) is 2. The van der Waals surface area contributed by atoms with Crippen molar-refractivity contribution in [1.29, 1.82) is 0 Å². The third-order valence-corrected chi connectivity index (χ3v) is 3.35. The predicted molar refractivity (Wildman–Crippen MR) is 82.2 cm³/mol. The van der Waals surface area contributed by atoms with Crippen molar-refractivity contribution in [3.05, 3.63) is 58.5 Å². The molecule has 0 aliphatic heterocycles. The van der Waals surface area contributed by atoms with Crippen LogP contribution in [0, 0.1) is 6.92 Å². The zero-order chi connectivity index (χ0) is 15.2. The zero-order valence-electron chi connectivity index (χ0n) is 12.3. The van der Waals surface area contributed by atoms with E-state index in [0.717, 1.165) is 22.0 Å². The largest absolute Gasteiger partial charge is 0.460 e. The Morgan fingerprint density at radius 3 is 2.81 bits per heavy atom. The molecule has 0 spiro atoms. The molecule has 0 bridgehead atoms. The fraction of sp³-hybridized carbons (Fsp3) is 0.312. The van der Waals surface area contributed by atoms with Gasteiger partial charge in [-0.2, -0.15) is 0 Å². The summed E-state index contributed by atoms with van der Waals surface area (Å²) in [6.45, 7) is 3.50. The molecule has 1 atom stereocenters. The molecule has 1 unspecified atom stereocenters. The number of furan rings is 1. The third-order valence-electron chi connectivity index (χ3n) is 3.11. The van der Waals surface area contributed by atoms with Gasteiger partial charge < -0.3 is 14.6 Å². The maximum atomic E-state index is 11.9. The van der Waals surface area contributed by atoms with E-state index in [2.05, 4.69) is 5.32 Å². The maximum Gasteiger partial charge on any atom is 0.275 e. The molecule has 1 aromatic carbocycles. The van der Waals surface area contributed by atoms with Crippen LogP contribution in [0.5, 0.6) is 0 Å². The van der Waals surface area contributed by atoms with Gasteiger partial charge in [0.05, 0.1) is 7.05 Å². The Bertz CT molecular complexity index is 610. The van der Waals surface area contributed by atoms with Gasteiger partial charge in [0.2, 0.25) is 0 Å². The van der Waals surface area contributed by atoms with Gasteiger partial charge in [0.15, 0.2) is 12.3 Å². The fourth-order valence-corrected chi connectivity index (χ4v) is 2.34. The first kappa shape index (κ1) is 15.6. The summed E-state index contributed by atoms with van der Waals surface area (Å²) in [7, 11) is 1.97. The molecule has 0 radical (unpaired) electrons. The Balaban J connectivity index is 1.76. The van der Waals surface area contributed by atoms with Gasteiger partial charge in [0, 0.05) is 11.6 Å². The van der Waals surface area contributed by atoms with Crippen molar-refractivity contribution in [2.45, 2.75) is 20.0 Å². The van der Waals surface area contributed by atoms with E-state index in [9.17, 15) is 4.79 Å². The molecule has 2 aromatic rings. The van der Waals surface area contributed by atoms with E-state index >= 15 is 0 Å². The van der Waals surface area contributed by atoms with Gasteiger partial charge in [-0.1, -0.05) is 23.7 Å². The molecule has 0 fully saturated rings. The van der Waals surface area contributed by atoms with Gasteiger partial charge in [0.1, 0.15) is 12.3 Å². The lowest BCUT2D eigenvalue weighted by Gasteiger charge is -2.12. The molecule has 0 saturated carbocycles. The van der Waals surface area contributed by atoms with Crippen LogP contribution in [-0.2, 0) is 17.9 Å². The maximum absolute atomic E-state index is 11.9. The minimum atomic E-state index is 0.00996. The number of halogens is 1. The van der Waals surface area contributed by atoms with Crippen LogP contribution in [0.3, 0.4) is 0 Å². The molecule has 0 aliphatic rings. The number of rotatable bonds is 6. The van der Waals surface area contributed by atoms with E-state index in [1.807, 2.05) is 50.4 Å². The Labute approximate surface area is 129 Å². The summed E-state index contributed by atoms with van der Waals surface area (Å²) in [5, 5.41) is 3.58. The number of likely N-dealkylation sites (N-methyl/N-ethyl adjacent to an activating group) is 1. The summed E-state index contributed by atoms with van der Waals surface area (Å²) in [5.74, 6) is 1.80. The second kappa shape index (κ2) is 7.29. The highest BCUT2D eigenvalue weighted by Gasteiger charge is 2.12. The molecule has 2 N–H and O–H groups in total. The number of amides is 1. The summed E-state index contributed by atoms with van der Waals surface area (Å²) in [6.07, 6.45) is 0. The highest BCUT2D eigenvalue weighted by molar-refractivity contribution is 6.30. The second-order valence-corrected chi connectivity index (χ2v) is 5.67. The first-order chi connectivity index (χ1) is 10.0. The van der Waals surface area contributed by atoms with Gasteiger partial charge >= 0.3 is 0 Å². The number of carbonyl (C=O) groups is 1. The summed E-state index contributed by atoms with van der Waals surface area (Å²) in [6, 6.07) is 11.4. The van der Waals surface area contributed by atoms with Crippen molar-refractivity contribution in [2.75, 3.05) is 13.6 Å². The Kier molecular flexibility index (Phi) is 5.42. The summed E-state index contributed by atoms with van der Waals surface area (Å²) in [4.78, 5) is 13.0. The van der Waals surface area contributed by atoms with E-state index < -0.39 is 0 Å². The van der Waals surface area contributed by atoms with Gasteiger partial charge in [-0.3, -0.25) is 4.79 Å². The molecular weight excluding hydrogens is 288 g/mol. The molecule has 21 heavy (non-hydrogen) atoms. The molecule has 1 aromatic heterocycles. The molecule has 0 saturated heterocycles. The minimum absolute atomic E-state index is 0.00996. The van der Waals surface area contributed by atoms with Crippen LogP contribution in [-0.4, -0.2) is 19.5 Å². The number of hydrogen-bond donors (Lipinski definition) is 2. The topological polar surface area (TPSA) is 46.7 Å². The van der Waals surface area contributed by atoms with E-state index in [1.165, 1.54) is 0 Å². The summed E-state index contributed by atoms with van der Waals surface area (Å²) < 4.78 is 5.51. The standard InChI is InChI=1S/C16H19ClN2O2/c1-12-6-7-15(21-12)10-19(2)11-16(20)18-9-13-4-3-5-14(17)8-13/h3-8H,9-11H2,1-2H3,(H,18,20)/p+1. The SMILES string of the molecule is Cc1ccc(C[NH+](C)CC(=O)NCc2cccc(Cl)c2)o1. The molecule has 4 nitrogen and oxygen atoms in total. The average Bonchev–Trinajstić information content (AvgIpc) is 2.81. The number of carbonyl (C=O) groups excluding carboxylic acids is 1. The van der Waals surface area contributed by atoms with Crippen LogP contribution in [0.4, 0.5) is 0 Å². The van der Waals surface area contributed by atoms with Crippen LogP contribution in [0.15, 0.2) is 40.8 Å². The van der Waals surface area contributed by atoms with Crippen LogP contribution in [0.1, 0.15) is 17.1 Å². The predicted octanol–water partition coefficient (Wildman–Crippen LogP) is 1.57. The van der Waals surface area contributed by atoms with Gasteiger partial charge in [-0.15, -0.1) is 0 Å². The van der Waals surface area contributed by atoms with Gasteiger partial charge in [-0.05, 0) is 36.8 Å². The van der Waals surface area contributed by atoms with Crippen LogP contribution in [0.25, 0.3) is 0 Å². The summed E-state index contributed by atoms with van der Waals surface area (Å²) in [5.41, 5.74) is 0.996. The van der Waals surface area contributed by atoms with Crippen molar-refractivity contribution in [3.63, 3.8) is 0 Å². The monoisotopic (exact) mass is 307 g/mol. The normalized spacial score (nSPS) is 12.1. The van der Waals surface area contributed by atoms with Crippen molar-refractivity contribution in [3.8, 4) is 0 Å². The highest BCUT2D eigenvalue weighted by atomic mass is 35.5. The Hall–Kier alpha value is -1.78. The van der Waals surface area contributed by atoms with Crippen molar-refractivity contribution < 1.29 is 14.1 Å². The van der Waals surface area contributed by atoms with Gasteiger partial charge in [0.25, 0.3) is 5.91 Å². The first-order valence-electron chi connectivity index (χ1n) is 6.90. The van der Waals surface area contributed by atoms with E-state index in [0.29, 0.717) is 24.7 Å². The van der Waals surface area contributed by atoms with E-state index in [-0.39, 0.29) is 5.91 Å². The molecule has 0 aliphatic carbocycles. The minimum Gasteiger partial charge on any atom is -0.460 e. The van der Waals surface area contributed by atoms with Crippen LogP contribution >= 0.6 is 11.6 Å². The average molecular weight is 308 g/mol. The molecule has 112 valence electrons. The Morgan fingerprint density at radius 2 is 2.14 bits per heavy atom. The van der Waals surface area contributed by atoms with E-state index in [1.54, 1.807) is 0 Å². The second-order valence-electron chi connectivity index (χ2n) is 5.23. The lowest BCUT2D eigenvalue weighted by Crippen LogP contribution is -3.08. The van der Waals surface area contributed by atoms with Gasteiger partial charge in [-0.25, -0.2) is 0 Å². The fourth-order valence-electron chi connectivity index (χ4n) is 2.12. The van der Waals surface area contributed by atoms with Crippen molar-refractivity contribution in [2.24, 2.45) is 0 Å². The molecular formula is C16H20ClN2O2+. The molecule has 1 amide bonds. The van der Waals surface area contributed by atoms with Crippen molar-refractivity contribution >= 4 is 17.5 Å². The van der Waals surface area contributed by atoms with Crippen LogP contribution < -0.4 is 10.2 Å². The molecule has 5 heteroatoms.